The van der Waals surface area contributed by atoms with Gasteiger partial charge in [0.25, 0.3) is 0 Å². The van der Waals surface area contributed by atoms with Crippen LogP contribution in [0.5, 0.6) is 0 Å². The van der Waals surface area contributed by atoms with E-state index in [1.165, 1.54) is 6.07 Å². The van der Waals surface area contributed by atoms with E-state index in [-0.39, 0.29) is 23.1 Å². The van der Waals surface area contributed by atoms with Crippen molar-refractivity contribution < 1.29 is 22.1 Å². The maximum absolute atomic E-state index is 13.3. The highest BCUT2D eigenvalue weighted by atomic mass is 19.4. The van der Waals surface area contributed by atoms with Crippen molar-refractivity contribution in [1.29, 1.82) is 0 Å². The Bertz CT molecular complexity index is 647. The Hall–Kier alpha value is -2.05. The third kappa shape index (κ3) is 3.17. The molecule has 0 aliphatic carbocycles. The number of nitrogens with zero attached hydrogens (tertiary/aromatic N) is 1. The molecule has 0 bridgehead atoms. The molecule has 0 fully saturated rings. The van der Waals surface area contributed by atoms with E-state index in [2.05, 4.69) is 5.16 Å². The van der Waals surface area contributed by atoms with Crippen molar-refractivity contribution in [3.8, 4) is 11.3 Å². The average molecular weight is 302 g/mol. The summed E-state index contributed by atoms with van der Waals surface area (Å²) in [6, 6.07) is 2.71. The van der Waals surface area contributed by atoms with E-state index < -0.39 is 17.6 Å². The fourth-order valence-corrected chi connectivity index (χ4v) is 2.04. The summed E-state index contributed by atoms with van der Waals surface area (Å²) in [5.41, 5.74) is 5.19. The van der Waals surface area contributed by atoms with Gasteiger partial charge in [-0.1, -0.05) is 19.0 Å². The van der Waals surface area contributed by atoms with E-state index in [0.717, 1.165) is 12.1 Å². The van der Waals surface area contributed by atoms with Crippen LogP contribution < -0.4 is 5.73 Å². The minimum absolute atomic E-state index is 0.0663. The predicted octanol–water partition coefficient (Wildman–Crippen LogP) is 4.28. The second-order valence-corrected chi connectivity index (χ2v) is 5.16. The Morgan fingerprint density at radius 1 is 1.29 bits per heavy atom. The molecule has 1 aromatic heterocycles. The zero-order valence-corrected chi connectivity index (χ0v) is 11.5. The van der Waals surface area contributed by atoms with Gasteiger partial charge in [0.1, 0.15) is 11.5 Å². The number of aromatic nitrogens is 1. The first-order chi connectivity index (χ1) is 9.70. The molecule has 1 aromatic carbocycles. The van der Waals surface area contributed by atoms with Crippen LogP contribution in [0.15, 0.2) is 22.7 Å². The number of halogens is 4. The second-order valence-electron chi connectivity index (χ2n) is 5.16. The summed E-state index contributed by atoms with van der Waals surface area (Å²) in [5, 5.41) is 3.70. The molecule has 2 aromatic rings. The third-order valence-electron chi connectivity index (χ3n) is 2.98. The van der Waals surface area contributed by atoms with E-state index in [0.29, 0.717) is 12.0 Å². The number of benzene rings is 1. The Morgan fingerprint density at radius 2 is 1.95 bits per heavy atom. The fraction of sp³-hybridized carbons (Fsp3) is 0.357. The zero-order chi connectivity index (χ0) is 15.8. The molecule has 0 atom stereocenters. The van der Waals surface area contributed by atoms with Crippen LogP contribution in [-0.4, -0.2) is 5.16 Å². The summed E-state index contributed by atoms with van der Waals surface area (Å²) in [4.78, 5) is 0. The largest absolute Gasteiger partial charge is 0.419 e. The smallest absolute Gasteiger partial charge is 0.367 e. The monoisotopic (exact) mass is 302 g/mol. The topological polar surface area (TPSA) is 52.0 Å². The highest BCUT2D eigenvalue weighted by molar-refractivity contribution is 5.67. The first kappa shape index (κ1) is 15.3. The average Bonchev–Trinajstić information content (AvgIpc) is 2.70. The fourth-order valence-electron chi connectivity index (χ4n) is 2.04. The number of hydrogen-bond acceptors (Lipinski definition) is 3. The van der Waals surface area contributed by atoms with Crippen LogP contribution in [0.2, 0.25) is 0 Å². The summed E-state index contributed by atoms with van der Waals surface area (Å²) in [7, 11) is 0. The molecule has 0 aliphatic rings. The summed E-state index contributed by atoms with van der Waals surface area (Å²) in [6.07, 6.45) is -4.27. The van der Waals surface area contributed by atoms with E-state index in [1.54, 1.807) is 0 Å². The summed E-state index contributed by atoms with van der Waals surface area (Å²) >= 11 is 0. The highest BCUT2D eigenvalue weighted by Crippen LogP contribution is 2.36. The minimum atomic E-state index is -4.77. The number of rotatable bonds is 3. The van der Waals surface area contributed by atoms with E-state index in [4.69, 9.17) is 10.3 Å². The number of nitrogen functional groups attached to an aromatic ring is 1. The van der Waals surface area contributed by atoms with Gasteiger partial charge in [-0.15, -0.1) is 0 Å². The molecule has 114 valence electrons. The van der Waals surface area contributed by atoms with Crippen LogP contribution in [-0.2, 0) is 12.6 Å². The van der Waals surface area contributed by atoms with E-state index >= 15 is 0 Å². The lowest BCUT2D eigenvalue weighted by Crippen LogP contribution is -2.08. The van der Waals surface area contributed by atoms with Crippen LogP contribution >= 0.6 is 0 Å². The van der Waals surface area contributed by atoms with Crippen LogP contribution in [0.3, 0.4) is 0 Å². The molecule has 0 unspecified atom stereocenters. The normalized spacial score (nSPS) is 12.1. The molecule has 1 heterocycles. The van der Waals surface area contributed by atoms with Crippen molar-refractivity contribution >= 4 is 5.88 Å². The maximum Gasteiger partial charge on any atom is 0.419 e. The van der Waals surface area contributed by atoms with Crippen molar-refractivity contribution in [3.05, 3.63) is 35.1 Å². The SMILES string of the molecule is CC(C)Cc1c(-c2ccc(F)c(C(F)(F)F)c2)noc1N. The predicted molar refractivity (Wildman–Crippen MR) is 69.9 cm³/mol. The van der Waals surface area contributed by atoms with Crippen LogP contribution in [0.1, 0.15) is 25.0 Å². The van der Waals surface area contributed by atoms with Crippen molar-refractivity contribution in [3.63, 3.8) is 0 Å². The van der Waals surface area contributed by atoms with Gasteiger partial charge in [0.2, 0.25) is 5.88 Å². The first-order valence-electron chi connectivity index (χ1n) is 6.31. The molecule has 0 saturated carbocycles. The standard InChI is InChI=1S/C14H14F4N2O/c1-7(2)5-9-12(20-21-13(9)19)8-3-4-11(15)10(6-8)14(16,17)18/h3-4,6-7H,5,19H2,1-2H3. The molecule has 3 nitrogen and oxygen atoms in total. The molecule has 2 N–H and O–H groups in total. The van der Waals surface area contributed by atoms with Crippen LogP contribution in [0.25, 0.3) is 11.3 Å². The number of nitrogens with two attached hydrogens (primary N) is 1. The Labute approximate surface area is 118 Å². The first-order valence-corrected chi connectivity index (χ1v) is 6.31. The van der Waals surface area contributed by atoms with Gasteiger partial charge in [-0.2, -0.15) is 13.2 Å². The van der Waals surface area contributed by atoms with Gasteiger partial charge in [0, 0.05) is 11.1 Å². The Kier molecular flexibility index (Phi) is 3.93. The van der Waals surface area contributed by atoms with Gasteiger partial charge in [0.05, 0.1) is 5.56 Å². The maximum atomic E-state index is 13.3. The summed E-state index contributed by atoms with van der Waals surface area (Å²) in [6.45, 7) is 3.87. The number of hydrogen-bond donors (Lipinski definition) is 1. The van der Waals surface area contributed by atoms with Crippen molar-refractivity contribution in [2.45, 2.75) is 26.4 Å². The van der Waals surface area contributed by atoms with Crippen molar-refractivity contribution in [2.75, 3.05) is 5.73 Å². The Morgan fingerprint density at radius 3 is 2.52 bits per heavy atom. The van der Waals surface area contributed by atoms with Gasteiger partial charge in [-0.05, 0) is 30.5 Å². The molecular formula is C14H14F4N2O. The quantitative estimate of drug-likeness (QED) is 0.861. The molecule has 0 saturated heterocycles. The van der Waals surface area contributed by atoms with Crippen LogP contribution in [0, 0.1) is 11.7 Å². The van der Waals surface area contributed by atoms with Gasteiger partial charge in [-0.3, -0.25) is 0 Å². The third-order valence-corrected chi connectivity index (χ3v) is 2.98. The zero-order valence-electron chi connectivity index (χ0n) is 11.5. The molecule has 2 rings (SSSR count). The van der Waals surface area contributed by atoms with Gasteiger partial charge < -0.3 is 10.3 Å². The lowest BCUT2D eigenvalue weighted by Gasteiger charge is -2.10. The summed E-state index contributed by atoms with van der Waals surface area (Å²) in [5.74, 6) is -1.04. The summed E-state index contributed by atoms with van der Waals surface area (Å²) < 4.78 is 56.4. The molecule has 0 radical (unpaired) electrons. The van der Waals surface area contributed by atoms with Gasteiger partial charge >= 0.3 is 6.18 Å². The van der Waals surface area contributed by atoms with Gasteiger partial charge in [-0.25, -0.2) is 4.39 Å². The van der Waals surface area contributed by atoms with E-state index in [1.807, 2.05) is 13.8 Å². The molecule has 7 heteroatoms. The van der Waals surface area contributed by atoms with Crippen molar-refractivity contribution in [1.82, 2.24) is 5.16 Å². The lowest BCUT2D eigenvalue weighted by molar-refractivity contribution is -0.139. The highest BCUT2D eigenvalue weighted by Gasteiger charge is 2.34. The Balaban J connectivity index is 2.53. The molecule has 21 heavy (non-hydrogen) atoms. The molecule has 0 amide bonds. The molecular weight excluding hydrogens is 288 g/mol. The second kappa shape index (κ2) is 5.38. The van der Waals surface area contributed by atoms with Crippen LogP contribution in [0.4, 0.5) is 23.4 Å². The number of alkyl halides is 3. The number of anilines is 1. The van der Waals surface area contributed by atoms with Crippen molar-refractivity contribution in [2.24, 2.45) is 5.92 Å². The lowest BCUT2D eigenvalue weighted by atomic mass is 9.98. The van der Waals surface area contributed by atoms with E-state index in [9.17, 15) is 17.6 Å². The molecule has 0 spiro atoms. The molecule has 0 aliphatic heterocycles. The van der Waals surface area contributed by atoms with Gasteiger partial charge in [0.15, 0.2) is 0 Å². The minimum Gasteiger partial charge on any atom is -0.367 e.